The molecule has 0 fully saturated rings. The SMILES string of the molecule is Cc1ccc(S(=O)(=O)N(/C=C2\Cc3c(-c4ccccc4)c4ccccc4n3C2c2ccccc2)Cc2ccccc2)cc1. The third kappa shape index (κ3) is 4.96. The van der Waals surface area contributed by atoms with Gasteiger partial charge in [0.25, 0.3) is 10.0 Å². The van der Waals surface area contributed by atoms with Gasteiger partial charge in [0.05, 0.1) is 17.5 Å². The molecule has 7 rings (SSSR count). The molecule has 1 aromatic heterocycles. The molecule has 0 N–H and O–H groups in total. The summed E-state index contributed by atoms with van der Waals surface area (Å²) in [4.78, 5) is 0.287. The van der Waals surface area contributed by atoms with E-state index in [2.05, 4.69) is 77.4 Å². The average Bonchev–Trinajstić information content (AvgIpc) is 3.56. The Morgan fingerprint density at radius 2 is 1.35 bits per heavy atom. The zero-order valence-corrected chi connectivity index (χ0v) is 24.8. The molecule has 0 bridgehead atoms. The summed E-state index contributed by atoms with van der Waals surface area (Å²) in [7, 11) is -3.84. The summed E-state index contributed by atoms with van der Waals surface area (Å²) < 4.78 is 32.5. The van der Waals surface area contributed by atoms with Crippen molar-refractivity contribution in [2.75, 3.05) is 0 Å². The minimum absolute atomic E-state index is 0.148. The Morgan fingerprint density at radius 3 is 2.05 bits per heavy atom. The van der Waals surface area contributed by atoms with Crippen LogP contribution in [0.1, 0.15) is 28.4 Å². The summed E-state index contributed by atoms with van der Waals surface area (Å²) in [5.74, 6) is 0. The van der Waals surface area contributed by atoms with Crippen molar-refractivity contribution in [2.45, 2.75) is 30.8 Å². The Bertz CT molecular complexity index is 2030. The lowest BCUT2D eigenvalue weighted by atomic mass is 9.96. The van der Waals surface area contributed by atoms with Gasteiger partial charge < -0.3 is 4.57 Å². The zero-order chi connectivity index (χ0) is 29.4. The van der Waals surface area contributed by atoms with Crippen LogP contribution in [-0.4, -0.2) is 17.3 Å². The molecule has 2 heterocycles. The van der Waals surface area contributed by atoms with E-state index in [1.165, 1.54) is 20.9 Å². The van der Waals surface area contributed by atoms with Gasteiger partial charge in [-0.05, 0) is 47.4 Å². The van der Waals surface area contributed by atoms with E-state index >= 15 is 0 Å². The monoisotopic (exact) mass is 580 g/mol. The molecule has 43 heavy (non-hydrogen) atoms. The highest BCUT2D eigenvalue weighted by molar-refractivity contribution is 7.89. The third-order valence-electron chi connectivity index (χ3n) is 8.29. The van der Waals surface area contributed by atoms with Gasteiger partial charge in [-0.2, -0.15) is 0 Å². The van der Waals surface area contributed by atoms with Crippen LogP contribution in [0.5, 0.6) is 0 Å². The second-order valence-corrected chi connectivity index (χ2v) is 13.0. The summed E-state index contributed by atoms with van der Waals surface area (Å²) in [5, 5.41) is 1.21. The number of aromatic nitrogens is 1. The minimum Gasteiger partial charge on any atom is -0.332 e. The van der Waals surface area contributed by atoms with Crippen LogP contribution in [0.2, 0.25) is 0 Å². The molecule has 6 aromatic rings. The van der Waals surface area contributed by atoms with Crippen molar-refractivity contribution in [1.29, 1.82) is 0 Å². The number of benzene rings is 5. The molecule has 5 heteroatoms. The number of hydrogen-bond donors (Lipinski definition) is 0. The van der Waals surface area contributed by atoms with E-state index in [4.69, 9.17) is 0 Å². The lowest BCUT2D eigenvalue weighted by Gasteiger charge is -2.24. The first-order valence-electron chi connectivity index (χ1n) is 14.6. The quantitative estimate of drug-likeness (QED) is 0.190. The van der Waals surface area contributed by atoms with Crippen LogP contribution in [0, 0.1) is 6.92 Å². The fourth-order valence-corrected chi connectivity index (χ4v) is 7.62. The highest BCUT2D eigenvalue weighted by Gasteiger charge is 2.35. The van der Waals surface area contributed by atoms with Crippen molar-refractivity contribution in [3.05, 3.63) is 174 Å². The summed E-state index contributed by atoms with van der Waals surface area (Å²) in [6, 6.07) is 46.2. The maximum absolute atomic E-state index is 14.3. The average molecular weight is 581 g/mol. The molecule has 0 spiro atoms. The van der Waals surface area contributed by atoms with Crippen LogP contribution in [0.3, 0.4) is 0 Å². The Kier molecular flexibility index (Phi) is 6.96. The molecule has 0 saturated heterocycles. The Morgan fingerprint density at radius 1 is 0.744 bits per heavy atom. The minimum atomic E-state index is -3.84. The molecule has 0 amide bonds. The summed E-state index contributed by atoms with van der Waals surface area (Å²) in [6.45, 7) is 2.20. The largest absolute Gasteiger partial charge is 0.332 e. The second-order valence-electron chi connectivity index (χ2n) is 11.1. The summed E-state index contributed by atoms with van der Waals surface area (Å²) in [6.07, 6.45) is 2.53. The predicted octanol–water partition coefficient (Wildman–Crippen LogP) is 8.54. The number of para-hydroxylation sites is 1. The fraction of sp³-hybridized carbons (Fsp3) is 0.105. The van der Waals surface area contributed by atoms with Gasteiger partial charge >= 0.3 is 0 Å². The van der Waals surface area contributed by atoms with E-state index in [1.807, 2.05) is 67.7 Å². The Balaban J connectivity index is 1.44. The number of rotatable bonds is 7. The first kappa shape index (κ1) is 27.0. The fourth-order valence-electron chi connectivity index (χ4n) is 6.28. The number of nitrogens with zero attached hydrogens (tertiary/aromatic N) is 2. The summed E-state index contributed by atoms with van der Waals surface area (Å²) >= 11 is 0. The van der Waals surface area contributed by atoms with Crippen LogP contribution in [0.4, 0.5) is 0 Å². The molecule has 0 aliphatic carbocycles. The van der Waals surface area contributed by atoms with Gasteiger partial charge in [-0.15, -0.1) is 0 Å². The van der Waals surface area contributed by atoms with Crippen molar-refractivity contribution < 1.29 is 8.42 Å². The molecule has 1 aliphatic rings. The van der Waals surface area contributed by atoms with Crippen molar-refractivity contribution in [3.63, 3.8) is 0 Å². The van der Waals surface area contributed by atoms with Gasteiger partial charge in [-0.1, -0.05) is 127 Å². The van der Waals surface area contributed by atoms with E-state index in [0.29, 0.717) is 6.42 Å². The van der Waals surface area contributed by atoms with Crippen LogP contribution in [0.25, 0.3) is 22.0 Å². The second kappa shape index (κ2) is 11.1. The maximum Gasteiger partial charge on any atom is 0.264 e. The zero-order valence-electron chi connectivity index (χ0n) is 24.0. The van der Waals surface area contributed by atoms with Crippen molar-refractivity contribution in [2.24, 2.45) is 0 Å². The topological polar surface area (TPSA) is 42.3 Å². The standard InChI is InChI=1S/C38H32N2O2S/c1-28-21-23-33(24-22-28)43(41,42)39(26-29-13-5-2-6-14-29)27-32-25-36-37(30-15-7-3-8-16-30)34-19-11-12-20-35(34)40(36)38(32)31-17-9-4-10-18-31/h2-24,27,38H,25-26H2,1H3/b32-27+. The van der Waals surface area contributed by atoms with Gasteiger partial charge in [0.2, 0.25) is 0 Å². The van der Waals surface area contributed by atoms with Gasteiger partial charge in [0.1, 0.15) is 0 Å². The van der Waals surface area contributed by atoms with E-state index in [0.717, 1.165) is 33.3 Å². The number of sulfonamides is 1. The van der Waals surface area contributed by atoms with E-state index in [-0.39, 0.29) is 17.5 Å². The molecule has 1 unspecified atom stereocenters. The van der Waals surface area contributed by atoms with Gasteiger partial charge in [0.15, 0.2) is 0 Å². The first-order chi connectivity index (χ1) is 21.0. The van der Waals surface area contributed by atoms with Gasteiger partial charge in [-0.3, -0.25) is 4.31 Å². The number of hydrogen-bond acceptors (Lipinski definition) is 2. The number of aryl methyl sites for hydroxylation is 1. The molecular formula is C38H32N2O2S. The van der Waals surface area contributed by atoms with E-state index in [9.17, 15) is 8.42 Å². The van der Waals surface area contributed by atoms with Crippen molar-refractivity contribution in [3.8, 4) is 11.1 Å². The molecule has 0 radical (unpaired) electrons. The van der Waals surface area contributed by atoms with Crippen LogP contribution in [-0.2, 0) is 23.0 Å². The normalized spacial score (nSPS) is 15.6. The van der Waals surface area contributed by atoms with Crippen molar-refractivity contribution in [1.82, 2.24) is 8.87 Å². The number of allylic oxidation sites excluding steroid dienone is 1. The highest BCUT2D eigenvalue weighted by Crippen LogP contribution is 2.47. The van der Waals surface area contributed by atoms with Gasteiger partial charge in [-0.25, -0.2) is 8.42 Å². The molecule has 212 valence electrons. The van der Waals surface area contributed by atoms with Crippen molar-refractivity contribution >= 4 is 20.9 Å². The summed E-state index contributed by atoms with van der Waals surface area (Å²) in [5.41, 5.74) is 8.82. The molecule has 1 atom stereocenters. The lowest BCUT2D eigenvalue weighted by molar-refractivity contribution is 0.490. The predicted molar refractivity (Wildman–Crippen MR) is 174 cm³/mol. The maximum atomic E-state index is 14.3. The Hall–Kier alpha value is -4.87. The molecule has 0 saturated carbocycles. The highest BCUT2D eigenvalue weighted by atomic mass is 32.2. The van der Waals surface area contributed by atoms with Crippen LogP contribution in [0.15, 0.2) is 156 Å². The first-order valence-corrected chi connectivity index (χ1v) is 16.0. The smallest absolute Gasteiger partial charge is 0.264 e. The van der Waals surface area contributed by atoms with Crippen LogP contribution >= 0.6 is 0 Å². The Labute approximate surface area is 253 Å². The van der Waals surface area contributed by atoms with E-state index < -0.39 is 10.0 Å². The lowest BCUT2D eigenvalue weighted by Crippen LogP contribution is -2.27. The number of fused-ring (bicyclic) bond motifs is 3. The van der Waals surface area contributed by atoms with Gasteiger partial charge in [0, 0.05) is 34.8 Å². The third-order valence-corrected chi connectivity index (χ3v) is 10.0. The molecule has 4 nitrogen and oxygen atoms in total. The van der Waals surface area contributed by atoms with E-state index in [1.54, 1.807) is 12.1 Å². The molecular weight excluding hydrogens is 548 g/mol. The van der Waals surface area contributed by atoms with Crippen LogP contribution < -0.4 is 0 Å². The molecule has 1 aliphatic heterocycles. The molecule has 5 aromatic carbocycles.